The van der Waals surface area contributed by atoms with Crippen LogP contribution in [-0.4, -0.2) is 42.4 Å². The minimum Gasteiger partial charge on any atom is -0.337 e. The molecule has 1 fully saturated rings. The van der Waals surface area contributed by atoms with E-state index in [4.69, 9.17) is 0 Å². The van der Waals surface area contributed by atoms with Gasteiger partial charge in [0.25, 0.3) is 0 Å². The SMILES string of the molecule is Cc1ccc(CSCCNC(=O)NC2CCN(Cc3ccc(F)c(F)c3)CC2)cc1. The molecule has 2 amide bonds. The summed E-state index contributed by atoms with van der Waals surface area (Å²) in [6.45, 7) is 4.94. The van der Waals surface area contributed by atoms with Gasteiger partial charge in [0.05, 0.1) is 0 Å². The molecule has 2 N–H and O–H groups in total. The second-order valence-corrected chi connectivity index (χ2v) is 8.84. The Balaban J connectivity index is 1.27. The third-order valence-electron chi connectivity index (χ3n) is 5.23. The summed E-state index contributed by atoms with van der Waals surface area (Å²) < 4.78 is 26.4. The van der Waals surface area contributed by atoms with Gasteiger partial charge in [0.15, 0.2) is 11.6 Å². The summed E-state index contributed by atoms with van der Waals surface area (Å²) in [5, 5.41) is 5.97. The lowest BCUT2D eigenvalue weighted by molar-refractivity contribution is 0.186. The zero-order valence-electron chi connectivity index (χ0n) is 17.3. The Bertz CT molecular complexity index is 824. The Kier molecular flexibility index (Phi) is 8.51. The summed E-state index contributed by atoms with van der Waals surface area (Å²) in [6.07, 6.45) is 1.69. The van der Waals surface area contributed by atoms with Crippen LogP contribution in [0.5, 0.6) is 0 Å². The third kappa shape index (κ3) is 7.29. The molecule has 3 rings (SSSR count). The van der Waals surface area contributed by atoms with Gasteiger partial charge in [-0.3, -0.25) is 4.90 Å². The number of urea groups is 1. The van der Waals surface area contributed by atoms with E-state index in [1.54, 1.807) is 17.8 Å². The molecule has 1 heterocycles. The van der Waals surface area contributed by atoms with Crippen molar-refractivity contribution in [2.45, 2.75) is 38.1 Å². The fraction of sp³-hybridized carbons (Fsp3) is 0.435. The second-order valence-electron chi connectivity index (χ2n) is 7.74. The lowest BCUT2D eigenvalue weighted by atomic mass is 10.0. The summed E-state index contributed by atoms with van der Waals surface area (Å²) in [5.74, 6) is 0.188. The monoisotopic (exact) mass is 433 g/mol. The second kappa shape index (κ2) is 11.3. The van der Waals surface area contributed by atoms with E-state index in [2.05, 4.69) is 46.7 Å². The van der Waals surface area contributed by atoms with Crippen LogP contribution >= 0.6 is 11.8 Å². The Labute approximate surface area is 181 Å². The van der Waals surface area contributed by atoms with Crippen LogP contribution in [0.15, 0.2) is 42.5 Å². The van der Waals surface area contributed by atoms with Gasteiger partial charge in [0, 0.05) is 43.7 Å². The Morgan fingerprint density at radius 2 is 1.77 bits per heavy atom. The van der Waals surface area contributed by atoms with Gasteiger partial charge in [-0.05, 0) is 43.0 Å². The molecule has 0 saturated carbocycles. The predicted octanol–water partition coefficient (Wildman–Crippen LogP) is 4.47. The van der Waals surface area contributed by atoms with Crippen molar-refractivity contribution in [2.75, 3.05) is 25.4 Å². The number of hydrogen-bond donors (Lipinski definition) is 2. The first-order chi connectivity index (χ1) is 14.5. The zero-order valence-corrected chi connectivity index (χ0v) is 18.1. The normalized spacial score (nSPS) is 15.2. The van der Waals surface area contributed by atoms with Crippen LogP contribution in [-0.2, 0) is 12.3 Å². The molecule has 2 aromatic carbocycles. The lowest BCUT2D eigenvalue weighted by Gasteiger charge is -2.32. The number of amides is 2. The number of carbonyl (C=O) groups is 1. The summed E-state index contributed by atoms with van der Waals surface area (Å²) in [4.78, 5) is 14.3. The Morgan fingerprint density at radius 1 is 1.07 bits per heavy atom. The van der Waals surface area contributed by atoms with Gasteiger partial charge in [-0.2, -0.15) is 11.8 Å². The highest BCUT2D eigenvalue weighted by Crippen LogP contribution is 2.16. The molecule has 0 spiro atoms. The molecule has 1 saturated heterocycles. The molecule has 0 aliphatic carbocycles. The zero-order chi connectivity index (χ0) is 21.3. The number of piperidine rings is 1. The minimum absolute atomic E-state index is 0.120. The summed E-state index contributed by atoms with van der Waals surface area (Å²) in [5.41, 5.74) is 3.32. The molecule has 162 valence electrons. The van der Waals surface area contributed by atoms with Gasteiger partial charge in [-0.1, -0.05) is 35.9 Å². The average Bonchev–Trinajstić information content (AvgIpc) is 2.73. The van der Waals surface area contributed by atoms with E-state index in [-0.39, 0.29) is 12.1 Å². The van der Waals surface area contributed by atoms with E-state index in [9.17, 15) is 13.6 Å². The van der Waals surface area contributed by atoms with Crippen LogP contribution in [0.2, 0.25) is 0 Å². The highest BCUT2D eigenvalue weighted by atomic mass is 32.2. The first kappa shape index (κ1) is 22.6. The van der Waals surface area contributed by atoms with Crippen molar-refractivity contribution < 1.29 is 13.6 Å². The average molecular weight is 434 g/mol. The number of likely N-dealkylation sites (tertiary alicyclic amines) is 1. The predicted molar refractivity (Wildman–Crippen MR) is 119 cm³/mol. The van der Waals surface area contributed by atoms with Gasteiger partial charge in [-0.25, -0.2) is 13.6 Å². The molecule has 0 radical (unpaired) electrons. The van der Waals surface area contributed by atoms with Gasteiger partial charge in [-0.15, -0.1) is 0 Å². The Morgan fingerprint density at radius 3 is 2.47 bits per heavy atom. The van der Waals surface area contributed by atoms with Gasteiger partial charge in [0.2, 0.25) is 0 Å². The largest absolute Gasteiger partial charge is 0.337 e. The number of nitrogens with one attached hydrogen (secondary N) is 2. The van der Waals surface area contributed by atoms with Crippen molar-refractivity contribution in [3.05, 3.63) is 70.8 Å². The lowest BCUT2D eigenvalue weighted by Crippen LogP contribution is -2.48. The summed E-state index contributed by atoms with van der Waals surface area (Å²) in [6, 6.07) is 12.6. The molecule has 2 aromatic rings. The maximum atomic E-state index is 13.3. The molecule has 1 aliphatic heterocycles. The fourth-order valence-corrected chi connectivity index (χ4v) is 4.30. The van der Waals surface area contributed by atoms with Crippen molar-refractivity contribution in [3.63, 3.8) is 0 Å². The number of hydrogen-bond acceptors (Lipinski definition) is 3. The minimum atomic E-state index is -0.818. The van der Waals surface area contributed by atoms with E-state index < -0.39 is 11.6 Å². The van der Waals surface area contributed by atoms with Crippen LogP contribution in [0.25, 0.3) is 0 Å². The topological polar surface area (TPSA) is 44.4 Å². The molecule has 7 heteroatoms. The number of nitrogens with zero attached hydrogens (tertiary/aromatic N) is 1. The van der Waals surface area contributed by atoms with E-state index in [0.29, 0.717) is 13.1 Å². The van der Waals surface area contributed by atoms with Gasteiger partial charge >= 0.3 is 6.03 Å². The van der Waals surface area contributed by atoms with Gasteiger partial charge in [0.1, 0.15) is 0 Å². The molecule has 0 bridgehead atoms. The van der Waals surface area contributed by atoms with Crippen LogP contribution in [0.1, 0.15) is 29.5 Å². The van der Waals surface area contributed by atoms with E-state index in [1.165, 1.54) is 23.3 Å². The number of benzene rings is 2. The first-order valence-corrected chi connectivity index (χ1v) is 11.5. The molecule has 30 heavy (non-hydrogen) atoms. The number of aryl methyl sites for hydroxylation is 1. The maximum absolute atomic E-state index is 13.3. The van der Waals surface area contributed by atoms with Crippen LogP contribution in [0.3, 0.4) is 0 Å². The van der Waals surface area contributed by atoms with E-state index in [0.717, 1.165) is 43.0 Å². The number of rotatable bonds is 8. The number of thioether (sulfide) groups is 1. The van der Waals surface area contributed by atoms with Crippen molar-refractivity contribution >= 4 is 17.8 Å². The van der Waals surface area contributed by atoms with Crippen LogP contribution in [0.4, 0.5) is 13.6 Å². The summed E-state index contributed by atoms with van der Waals surface area (Å²) in [7, 11) is 0. The first-order valence-electron chi connectivity index (χ1n) is 10.3. The summed E-state index contributed by atoms with van der Waals surface area (Å²) >= 11 is 1.80. The highest BCUT2D eigenvalue weighted by molar-refractivity contribution is 7.98. The molecular formula is C23H29F2N3OS. The van der Waals surface area contributed by atoms with Crippen molar-refractivity contribution in [2.24, 2.45) is 0 Å². The van der Waals surface area contributed by atoms with Crippen molar-refractivity contribution in [1.82, 2.24) is 15.5 Å². The van der Waals surface area contributed by atoms with Gasteiger partial charge < -0.3 is 10.6 Å². The Hall–Kier alpha value is -2.12. The standard InChI is InChI=1S/C23H29F2N3OS/c1-17-2-4-18(5-3-17)16-30-13-10-26-23(29)27-20-8-11-28(12-9-20)15-19-6-7-21(24)22(25)14-19/h2-7,14,20H,8-13,15-16H2,1H3,(H2,26,27,29). The van der Waals surface area contributed by atoms with Crippen molar-refractivity contribution in [1.29, 1.82) is 0 Å². The molecule has 0 unspecified atom stereocenters. The molecule has 0 atom stereocenters. The maximum Gasteiger partial charge on any atom is 0.315 e. The molecule has 4 nitrogen and oxygen atoms in total. The number of carbonyl (C=O) groups excluding carboxylic acids is 1. The van der Waals surface area contributed by atoms with E-state index in [1.807, 2.05) is 0 Å². The smallest absolute Gasteiger partial charge is 0.315 e. The van der Waals surface area contributed by atoms with E-state index >= 15 is 0 Å². The molecular weight excluding hydrogens is 404 g/mol. The van der Waals surface area contributed by atoms with Crippen LogP contribution in [0, 0.1) is 18.6 Å². The number of halogens is 2. The molecule has 1 aliphatic rings. The van der Waals surface area contributed by atoms with Crippen LogP contribution < -0.4 is 10.6 Å². The quantitative estimate of drug-likeness (QED) is 0.604. The highest BCUT2D eigenvalue weighted by Gasteiger charge is 2.20. The van der Waals surface area contributed by atoms with Crippen molar-refractivity contribution in [3.8, 4) is 0 Å². The molecule has 0 aromatic heterocycles. The third-order valence-corrected chi connectivity index (χ3v) is 6.26. The fourth-order valence-electron chi connectivity index (χ4n) is 3.48.